The van der Waals surface area contributed by atoms with Gasteiger partial charge in [0.05, 0.1) is 0 Å². The minimum Gasteiger partial charge on any atom is -0.300 e. The highest BCUT2D eigenvalue weighted by atomic mass is 16.1. The third-order valence-electron chi connectivity index (χ3n) is 4.57. The summed E-state index contributed by atoms with van der Waals surface area (Å²) >= 11 is 0. The summed E-state index contributed by atoms with van der Waals surface area (Å²) in [5.74, 6) is 0.884. The molecule has 0 aliphatic heterocycles. The highest BCUT2D eigenvalue weighted by molar-refractivity contribution is 5.83. The van der Waals surface area contributed by atoms with Gasteiger partial charge in [0.1, 0.15) is 5.78 Å². The van der Waals surface area contributed by atoms with Crippen LogP contribution in [0, 0.1) is 0 Å². The average molecular weight is 248 g/mol. The van der Waals surface area contributed by atoms with Crippen LogP contribution in [-0.2, 0) is 11.2 Å². The summed E-state index contributed by atoms with van der Waals surface area (Å²) in [7, 11) is 0. The molecule has 1 saturated carbocycles. The molecule has 1 nitrogen and oxygen atoms in total. The molecule has 2 aliphatic carbocycles. The molecule has 0 aromatic heterocycles. The maximum absolute atomic E-state index is 11.5. The number of carbonyl (C=O) groups excluding carboxylic acids is 1. The molecule has 4 rings (SSSR count). The fourth-order valence-electron chi connectivity index (χ4n) is 3.64. The maximum Gasteiger partial charge on any atom is 0.133 e. The highest BCUT2D eigenvalue weighted by Gasteiger charge is 2.28. The molecule has 0 amide bonds. The smallest absolute Gasteiger partial charge is 0.133 e. The first-order valence-corrected chi connectivity index (χ1v) is 7.04. The van der Waals surface area contributed by atoms with Gasteiger partial charge in [0.25, 0.3) is 0 Å². The van der Waals surface area contributed by atoms with Crippen LogP contribution < -0.4 is 0 Å². The SMILES string of the molecule is O=C1CCC(c2cccc3c2Cc2ccccc2-3)C1. The van der Waals surface area contributed by atoms with Crippen molar-refractivity contribution < 1.29 is 4.79 Å². The van der Waals surface area contributed by atoms with Gasteiger partial charge >= 0.3 is 0 Å². The van der Waals surface area contributed by atoms with Crippen LogP contribution >= 0.6 is 0 Å². The lowest BCUT2D eigenvalue weighted by Crippen LogP contribution is -1.99. The van der Waals surface area contributed by atoms with Crippen molar-refractivity contribution >= 4 is 5.78 Å². The fraction of sp³-hybridized carbons (Fsp3) is 0.278. The summed E-state index contributed by atoms with van der Waals surface area (Å²) in [6.07, 6.45) is 3.58. The molecule has 1 unspecified atom stereocenters. The Morgan fingerprint density at radius 2 is 1.79 bits per heavy atom. The van der Waals surface area contributed by atoms with Crippen LogP contribution in [0.4, 0.5) is 0 Å². The molecule has 19 heavy (non-hydrogen) atoms. The van der Waals surface area contributed by atoms with Gasteiger partial charge in [0.15, 0.2) is 0 Å². The molecule has 2 aromatic carbocycles. The molecule has 1 atom stereocenters. The zero-order valence-electron chi connectivity index (χ0n) is 10.9. The second kappa shape index (κ2) is 4.06. The van der Waals surface area contributed by atoms with Crippen LogP contribution in [-0.4, -0.2) is 5.78 Å². The standard InChI is InChI=1S/C18H16O/c19-14-9-8-13(10-14)16-6-3-7-17-15-5-2-1-4-12(15)11-18(16)17/h1-7,13H,8-11H2. The number of rotatable bonds is 1. The zero-order chi connectivity index (χ0) is 12.8. The Morgan fingerprint density at radius 1 is 0.947 bits per heavy atom. The summed E-state index contributed by atoms with van der Waals surface area (Å²) in [5.41, 5.74) is 7.06. The van der Waals surface area contributed by atoms with Crippen molar-refractivity contribution in [3.63, 3.8) is 0 Å². The molecule has 0 heterocycles. The second-order valence-corrected chi connectivity index (χ2v) is 5.69. The van der Waals surface area contributed by atoms with Gasteiger partial charge in [-0.3, -0.25) is 4.79 Å². The first-order chi connectivity index (χ1) is 9.33. The third kappa shape index (κ3) is 1.65. The van der Waals surface area contributed by atoms with E-state index in [1.165, 1.54) is 27.8 Å². The Hall–Kier alpha value is -1.89. The van der Waals surface area contributed by atoms with E-state index in [9.17, 15) is 4.79 Å². The molecule has 0 radical (unpaired) electrons. The van der Waals surface area contributed by atoms with E-state index in [0.717, 1.165) is 25.7 Å². The van der Waals surface area contributed by atoms with Crippen molar-refractivity contribution in [1.82, 2.24) is 0 Å². The Morgan fingerprint density at radius 3 is 2.63 bits per heavy atom. The molecule has 0 bridgehead atoms. The Bertz CT molecular complexity index is 669. The van der Waals surface area contributed by atoms with Crippen molar-refractivity contribution in [2.45, 2.75) is 31.6 Å². The largest absolute Gasteiger partial charge is 0.300 e. The topological polar surface area (TPSA) is 17.1 Å². The van der Waals surface area contributed by atoms with Gasteiger partial charge < -0.3 is 0 Å². The quantitative estimate of drug-likeness (QED) is 0.633. The monoisotopic (exact) mass is 248 g/mol. The van der Waals surface area contributed by atoms with Gasteiger partial charge in [0, 0.05) is 12.8 Å². The minimum absolute atomic E-state index is 0.429. The van der Waals surface area contributed by atoms with Crippen LogP contribution in [0.2, 0.25) is 0 Å². The normalized spacial score (nSPS) is 20.4. The number of hydrogen-bond acceptors (Lipinski definition) is 1. The van der Waals surface area contributed by atoms with E-state index in [-0.39, 0.29) is 0 Å². The maximum atomic E-state index is 11.5. The number of ketones is 1. The molecular weight excluding hydrogens is 232 g/mol. The van der Waals surface area contributed by atoms with Gasteiger partial charge in [-0.2, -0.15) is 0 Å². The first kappa shape index (κ1) is 11.0. The number of carbonyl (C=O) groups is 1. The first-order valence-electron chi connectivity index (χ1n) is 7.04. The fourth-order valence-corrected chi connectivity index (χ4v) is 3.64. The van der Waals surface area contributed by atoms with Crippen molar-refractivity contribution in [1.29, 1.82) is 0 Å². The Kier molecular flexibility index (Phi) is 2.34. The summed E-state index contributed by atoms with van der Waals surface area (Å²) < 4.78 is 0. The number of benzene rings is 2. The van der Waals surface area contributed by atoms with Crippen LogP contribution in [0.5, 0.6) is 0 Å². The van der Waals surface area contributed by atoms with E-state index in [0.29, 0.717) is 11.7 Å². The van der Waals surface area contributed by atoms with Crippen LogP contribution in [0.1, 0.15) is 41.9 Å². The van der Waals surface area contributed by atoms with Crippen LogP contribution in [0.3, 0.4) is 0 Å². The van der Waals surface area contributed by atoms with Gasteiger partial charge in [-0.05, 0) is 46.6 Å². The van der Waals surface area contributed by atoms with E-state index in [4.69, 9.17) is 0 Å². The molecule has 1 heteroatoms. The number of fused-ring (bicyclic) bond motifs is 3. The van der Waals surface area contributed by atoms with Gasteiger partial charge in [-0.25, -0.2) is 0 Å². The van der Waals surface area contributed by atoms with Gasteiger partial charge in [-0.15, -0.1) is 0 Å². The molecule has 94 valence electrons. The minimum atomic E-state index is 0.429. The predicted molar refractivity (Wildman–Crippen MR) is 76.3 cm³/mol. The predicted octanol–water partition coefficient (Wildman–Crippen LogP) is 4.09. The molecule has 2 aliphatic rings. The van der Waals surface area contributed by atoms with Crippen molar-refractivity contribution in [2.24, 2.45) is 0 Å². The Balaban J connectivity index is 1.83. The molecule has 0 saturated heterocycles. The van der Waals surface area contributed by atoms with Crippen molar-refractivity contribution in [2.75, 3.05) is 0 Å². The van der Waals surface area contributed by atoms with Crippen molar-refractivity contribution in [3.05, 3.63) is 59.2 Å². The molecule has 1 fully saturated rings. The van der Waals surface area contributed by atoms with Gasteiger partial charge in [-0.1, -0.05) is 42.5 Å². The van der Waals surface area contributed by atoms with Crippen LogP contribution in [0.15, 0.2) is 42.5 Å². The zero-order valence-corrected chi connectivity index (χ0v) is 10.9. The second-order valence-electron chi connectivity index (χ2n) is 5.69. The van der Waals surface area contributed by atoms with Crippen LogP contribution in [0.25, 0.3) is 11.1 Å². The third-order valence-corrected chi connectivity index (χ3v) is 4.57. The molecule has 0 N–H and O–H groups in total. The summed E-state index contributed by atoms with van der Waals surface area (Å²) in [5, 5.41) is 0. The van der Waals surface area contributed by atoms with E-state index >= 15 is 0 Å². The number of hydrogen-bond donors (Lipinski definition) is 0. The van der Waals surface area contributed by atoms with E-state index in [1.54, 1.807) is 0 Å². The van der Waals surface area contributed by atoms with E-state index < -0.39 is 0 Å². The van der Waals surface area contributed by atoms with E-state index in [1.807, 2.05) is 0 Å². The lowest BCUT2D eigenvalue weighted by Gasteiger charge is -2.14. The highest BCUT2D eigenvalue weighted by Crippen LogP contribution is 2.43. The van der Waals surface area contributed by atoms with Gasteiger partial charge in [0.2, 0.25) is 0 Å². The molecule has 2 aromatic rings. The summed E-state index contributed by atoms with van der Waals surface area (Å²) in [6.45, 7) is 0. The average Bonchev–Trinajstić information content (AvgIpc) is 3.02. The molecule has 0 spiro atoms. The summed E-state index contributed by atoms with van der Waals surface area (Å²) in [4.78, 5) is 11.5. The lowest BCUT2D eigenvalue weighted by molar-refractivity contribution is -0.117. The Labute approximate surface area is 113 Å². The summed E-state index contributed by atoms with van der Waals surface area (Å²) in [6, 6.07) is 15.3. The number of Topliss-reactive ketones (excluding diaryl/α,β-unsaturated/α-hetero) is 1. The van der Waals surface area contributed by atoms with Crippen molar-refractivity contribution in [3.8, 4) is 11.1 Å². The van der Waals surface area contributed by atoms with E-state index in [2.05, 4.69) is 42.5 Å². The lowest BCUT2D eigenvalue weighted by atomic mass is 9.90. The molecular formula is C18H16O.